The van der Waals surface area contributed by atoms with Gasteiger partial charge in [-0.15, -0.1) is 0 Å². The van der Waals surface area contributed by atoms with Crippen molar-refractivity contribution in [1.82, 2.24) is 0 Å². The van der Waals surface area contributed by atoms with E-state index in [9.17, 15) is 19.5 Å². The van der Waals surface area contributed by atoms with Gasteiger partial charge in [0.2, 0.25) is 0 Å². The van der Waals surface area contributed by atoms with Crippen LogP contribution in [0.4, 0.5) is 0 Å². The first kappa shape index (κ1) is 26.9. The van der Waals surface area contributed by atoms with Crippen LogP contribution in [0.3, 0.4) is 0 Å². The molecule has 0 radical (unpaired) electrons. The Kier molecular flexibility index (Phi) is 7.46. The highest BCUT2D eigenvalue weighted by Gasteiger charge is 2.67. The van der Waals surface area contributed by atoms with Gasteiger partial charge < -0.3 is 24.1 Å². The first-order valence-electron chi connectivity index (χ1n) is 12.6. The lowest BCUT2D eigenvalue weighted by Gasteiger charge is -2.51. The summed E-state index contributed by atoms with van der Waals surface area (Å²) in [5, 5.41) is 11.7. The smallest absolute Gasteiger partial charge is 0.303 e. The van der Waals surface area contributed by atoms with Crippen LogP contribution in [0.2, 0.25) is 0 Å². The molecule has 0 aromatic carbocycles. The fourth-order valence-corrected chi connectivity index (χ4v) is 7.09. The van der Waals surface area contributed by atoms with Gasteiger partial charge in [0, 0.05) is 32.6 Å². The van der Waals surface area contributed by atoms with E-state index in [1.165, 1.54) is 20.8 Å². The van der Waals surface area contributed by atoms with E-state index >= 15 is 0 Å². The summed E-state index contributed by atoms with van der Waals surface area (Å²) in [7, 11) is 0. The van der Waals surface area contributed by atoms with Crippen LogP contribution in [0.5, 0.6) is 0 Å². The van der Waals surface area contributed by atoms with Crippen LogP contribution in [0.1, 0.15) is 87.5 Å². The van der Waals surface area contributed by atoms with Crippen molar-refractivity contribution in [2.24, 2.45) is 23.7 Å². The molecule has 3 fully saturated rings. The highest BCUT2D eigenvalue weighted by atomic mass is 16.6. The van der Waals surface area contributed by atoms with Crippen LogP contribution >= 0.6 is 0 Å². The SMILES string of the molecule is CC(=O)O[C@H]1[C@H]2O[C@H]([C@H]3[C@@H]2[C@](C)(OC(C)=O)CC[C@@H]3C(C)C)[C@](C)(O)CCC[C@@]1(C)OC(C)=O. The minimum absolute atomic E-state index is 0.129. The van der Waals surface area contributed by atoms with Gasteiger partial charge in [-0.1, -0.05) is 13.8 Å². The van der Waals surface area contributed by atoms with Crippen molar-refractivity contribution in [3.05, 3.63) is 0 Å². The predicted octanol–water partition coefficient (Wildman–Crippen LogP) is 3.56. The van der Waals surface area contributed by atoms with Crippen molar-refractivity contribution in [2.75, 3.05) is 0 Å². The van der Waals surface area contributed by atoms with Crippen molar-refractivity contribution >= 4 is 17.9 Å². The zero-order chi connectivity index (χ0) is 25.6. The molecular formula is C26H42O8. The molecule has 0 aromatic heterocycles. The van der Waals surface area contributed by atoms with E-state index in [-0.39, 0.29) is 17.8 Å². The second-order valence-corrected chi connectivity index (χ2v) is 11.6. The number of ether oxygens (including phenoxy) is 4. The predicted molar refractivity (Wildman–Crippen MR) is 124 cm³/mol. The van der Waals surface area contributed by atoms with Crippen molar-refractivity contribution < 1.29 is 38.4 Å². The van der Waals surface area contributed by atoms with Crippen LogP contribution in [0.15, 0.2) is 0 Å². The number of fused-ring (bicyclic) bond motifs is 5. The molecule has 1 aliphatic carbocycles. The lowest BCUT2D eigenvalue weighted by molar-refractivity contribution is -0.212. The lowest BCUT2D eigenvalue weighted by atomic mass is 9.57. The molecule has 0 amide bonds. The first-order valence-corrected chi connectivity index (χ1v) is 12.6. The summed E-state index contributed by atoms with van der Waals surface area (Å²) in [5.41, 5.74) is -3.20. The summed E-state index contributed by atoms with van der Waals surface area (Å²) in [6, 6.07) is 0. The molecule has 3 aliphatic rings. The quantitative estimate of drug-likeness (QED) is 0.479. The van der Waals surface area contributed by atoms with Crippen LogP contribution in [-0.4, -0.2) is 58.1 Å². The highest BCUT2D eigenvalue weighted by molar-refractivity contribution is 5.68. The molecule has 8 nitrogen and oxygen atoms in total. The average molecular weight is 483 g/mol. The van der Waals surface area contributed by atoms with E-state index in [4.69, 9.17) is 18.9 Å². The minimum Gasteiger partial charge on any atom is -0.459 e. The van der Waals surface area contributed by atoms with E-state index in [0.29, 0.717) is 31.6 Å². The van der Waals surface area contributed by atoms with Gasteiger partial charge in [-0.2, -0.15) is 0 Å². The van der Waals surface area contributed by atoms with Crippen molar-refractivity contribution in [3.8, 4) is 0 Å². The fraction of sp³-hybridized carbons (Fsp3) is 0.885. The van der Waals surface area contributed by atoms with Crippen molar-refractivity contribution in [3.63, 3.8) is 0 Å². The number of rotatable bonds is 4. The van der Waals surface area contributed by atoms with Gasteiger partial charge in [-0.3, -0.25) is 14.4 Å². The largest absolute Gasteiger partial charge is 0.459 e. The summed E-state index contributed by atoms with van der Waals surface area (Å²) < 4.78 is 24.3. The molecular weight excluding hydrogens is 440 g/mol. The number of hydrogen-bond donors (Lipinski definition) is 1. The van der Waals surface area contributed by atoms with E-state index in [0.717, 1.165) is 6.42 Å². The van der Waals surface area contributed by atoms with Gasteiger partial charge in [0.05, 0.1) is 11.7 Å². The third-order valence-corrected chi connectivity index (χ3v) is 8.37. The van der Waals surface area contributed by atoms with Crippen molar-refractivity contribution in [2.45, 2.75) is 123 Å². The van der Waals surface area contributed by atoms with Gasteiger partial charge in [0.15, 0.2) is 6.10 Å². The van der Waals surface area contributed by atoms with Gasteiger partial charge in [-0.25, -0.2) is 0 Å². The van der Waals surface area contributed by atoms with Crippen LogP contribution in [-0.2, 0) is 33.3 Å². The first-order chi connectivity index (χ1) is 15.6. The molecule has 2 saturated heterocycles. The van der Waals surface area contributed by atoms with Gasteiger partial charge in [0.25, 0.3) is 0 Å². The summed E-state index contributed by atoms with van der Waals surface area (Å²) in [6.07, 6.45) is 0.663. The molecule has 194 valence electrons. The Balaban J connectivity index is 2.23. The van der Waals surface area contributed by atoms with Crippen molar-refractivity contribution in [1.29, 1.82) is 0 Å². The molecule has 0 unspecified atom stereocenters. The monoisotopic (exact) mass is 482 g/mol. The summed E-state index contributed by atoms with van der Waals surface area (Å²) in [6.45, 7) is 13.8. The molecule has 0 spiro atoms. The maximum atomic E-state index is 12.3. The molecule has 8 heteroatoms. The Morgan fingerprint density at radius 3 is 2.03 bits per heavy atom. The topological polar surface area (TPSA) is 108 Å². The number of aliphatic hydroxyl groups is 1. The Morgan fingerprint density at radius 1 is 0.912 bits per heavy atom. The Hall–Kier alpha value is -1.67. The maximum absolute atomic E-state index is 12.3. The van der Waals surface area contributed by atoms with Crippen LogP contribution < -0.4 is 0 Å². The zero-order valence-corrected chi connectivity index (χ0v) is 21.9. The van der Waals surface area contributed by atoms with Crippen LogP contribution in [0.25, 0.3) is 0 Å². The Bertz CT molecular complexity index is 807. The number of hydrogen-bond acceptors (Lipinski definition) is 8. The van der Waals surface area contributed by atoms with Crippen LogP contribution in [0, 0.1) is 23.7 Å². The standard InChI is InChI=1S/C26H42O8/c1-14(2)18-10-13-25(7,33-16(4)28)20-19(18)22-24(6,30)11-9-12-26(8,34-17(5)29)23(21(20)32-22)31-15(3)27/h14,18-23,30H,9-13H2,1-8H3/t18-,19-,20+,21+,22-,23+,24-,25-,26-/m1/s1. The van der Waals surface area contributed by atoms with Gasteiger partial charge in [-0.05, 0) is 64.7 Å². The van der Waals surface area contributed by atoms with E-state index in [1.807, 2.05) is 6.92 Å². The lowest BCUT2D eigenvalue weighted by Crippen LogP contribution is -2.60. The molecule has 2 heterocycles. The number of esters is 3. The molecule has 2 bridgehead atoms. The maximum Gasteiger partial charge on any atom is 0.303 e. The minimum atomic E-state index is -1.16. The summed E-state index contributed by atoms with van der Waals surface area (Å²) in [5.74, 6) is -1.34. The molecule has 1 N–H and O–H groups in total. The zero-order valence-electron chi connectivity index (χ0n) is 21.9. The molecule has 9 atom stereocenters. The average Bonchev–Trinajstić information content (AvgIpc) is 3.07. The molecule has 3 rings (SSSR count). The Morgan fingerprint density at radius 2 is 1.50 bits per heavy atom. The molecule has 2 aliphatic heterocycles. The third-order valence-electron chi connectivity index (χ3n) is 8.37. The highest BCUT2D eigenvalue weighted by Crippen LogP contribution is 2.58. The molecule has 0 aromatic rings. The van der Waals surface area contributed by atoms with E-state index in [2.05, 4.69) is 13.8 Å². The summed E-state index contributed by atoms with van der Waals surface area (Å²) >= 11 is 0. The van der Waals surface area contributed by atoms with E-state index < -0.39 is 53.0 Å². The normalized spacial score (nSPS) is 44.3. The second kappa shape index (κ2) is 9.41. The fourth-order valence-electron chi connectivity index (χ4n) is 7.09. The van der Waals surface area contributed by atoms with Gasteiger partial charge in [0.1, 0.15) is 17.3 Å². The van der Waals surface area contributed by atoms with E-state index in [1.54, 1.807) is 13.8 Å². The molecule has 34 heavy (non-hydrogen) atoms. The third kappa shape index (κ3) is 4.99. The molecule has 1 saturated carbocycles. The second-order valence-electron chi connectivity index (χ2n) is 11.6. The number of carbonyl (C=O) groups excluding carboxylic acids is 3. The number of carbonyl (C=O) groups is 3. The van der Waals surface area contributed by atoms with Gasteiger partial charge >= 0.3 is 17.9 Å². The Labute approximate surface area is 203 Å². The summed E-state index contributed by atoms with van der Waals surface area (Å²) in [4.78, 5) is 36.6.